The van der Waals surface area contributed by atoms with Gasteiger partial charge in [0.2, 0.25) is 5.91 Å². The number of fused-ring (bicyclic) bond motifs is 2. The third kappa shape index (κ3) is 3.64. The van der Waals surface area contributed by atoms with Crippen molar-refractivity contribution in [1.29, 1.82) is 0 Å². The van der Waals surface area contributed by atoms with Crippen molar-refractivity contribution < 1.29 is 9.18 Å². The number of benzene rings is 1. The first-order valence-corrected chi connectivity index (χ1v) is 9.62. The maximum Gasteiger partial charge on any atom is 0.222 e. The number of rotatable bonds is 7. The molecule has 2 fully saturated rings. The number of carbonyl (C=O) groups is 1. The highest BCUT2D eigenvalue weighted by atomic mass is 19.1. The quantitative estimate of drug-likeness (QED) is 0.607. The summed E-state index contributed by atoms with van der Waals surface area (Å²) in [5.74, 6) is 2.28. The second kappa shape index (κ2) is 7.28. The smallest absolute Gasteiger partial charge is 0.222 e. The molecule has 0 aromatic heterocycles. The van der Waals surface area contributed by atoms with Gasteiger partial charge in [0.05, 0.1) is 0 Å². The second-order valence-corrected chi connectivity index (χ2v) is 7.84. The van der Waals surface area contributed by atoms with Crippen LogP contribution in [0.15, 0.2) is 36.4 Å². The van der Waals surface area contributed by atoms with Crippen LogP contribution in [0.4, 0.5) is 4.39 Å². The van der Waals surface area contributed by atoms with Crippen LogP contribution in [0.5, 0.6) is 0 Å². The van der Waals surface area contributed by atoms with E-state index in [0.29, 0.717) is 42.3 Å². The van der Waals surface area contributed by atoms with E-state index in [1.54, 1.807) is 6.07 Å². The maximum absolute atomic E-state index is 13.6. The van der Waals surface area contributed by atoms with Crippen molar-refractivity contribution >= 4 is 5.91 Å². The molecule has 2 aliphatic carbocycles. The minimum Gasteiger partial charge on any atom is -0.339 e. The summed E-state index contributed by atoms with van der Waals surface area (Å²) in [5.41, 5.74) is 0.704. The van der Waals surface area contributed by atoms with Gasteiger partial charge in [-0.3, -0.25) is 4.79 Å². The molecule has 25 heavy (non-hydrogen) atoms. The van der Waals surface area contributed by atoms with E-state index in [1.807, 2.05) is 12.1 Å². The highest BCUT2D eigenvalue weighted by Crippen LogP contribution is 2.44. The minimum atomic E-state index is -0.156. The molecule has 0 spiro atoms. The Morgan fingerprint density at radius 3 is 2.84 bits per heavy atom. The molecule has 4 rings (SSSR count). The molecule has 1 aromatic carbocycles. The number of allylic oxidation sites excluding steroid dienone is 2. The molecule has 1 aromatic rings. The zero-order valence-electron chi connectivity index (χ0n) is 14.7. The molecule has 1 heterocycles. The average Bonchev–Trinajstić information content (AvgIpc) is 3.31. The number of carbonyl (C=O) groups excluding carboxylic acids is 1. The van der Waals surface area contributed by atoms with Crippen LogP contribution in [-0.4, -0.2) is 29.9 Å². The summed E-state index contributed by atoms with van der Waals surface area (Å²) in [6.07, 6.45) is 9.88. The normalized spacial score (nSPS) is 30.6. The van der Waals surface area contributed by atoms with Gasteiger partial charge >= 0.3 is 0 Å². The van der Waals surface area contributed by atoms with E-state index < -0.39 is 0 Å². The standard InChI is InChI=1S/C21H27FN2O/c22-20-4-2-1-3-17(20)13-23-10-9-19-7-8-21(25)24(19)14-18-12-15-5-6-16(18)11-15/h1-6,15-16,18-19,23H,7-14H2/t15-,16+,18-,19-/m1/s1. The number of nitrogens with one attached hydrogen (secondary N) is 1. The lowest BCUT2D eigenvalue weighted by molar-refractivity contribution is -0.129. The summed E-state index contributed by atoms with van der Waals surface area (Å²) in [4.78, 5) is 14.5. The molecule has 0 radical (unpaired) electrons. The van der Waals surface area contributed by atoms with E-state index in [1.165, 1.54) is 18.9 Å². The monoisotopic (exact) mass is 342 g/mol. The first kappa shape index (κ1) is 16.8. The third-order valence-corrected chi connectivity index (χ3v) is 6.23. The van der Waals surface area contributed by atoms with Gasteiger partial charge in [0.1, 0.15) is 5.82 Å². The molecule has 4 heteroatoms. The van der Waals surface area contributed by atoms with Gasteiger partial charge in [-0.15, -0.1) is 0 Å². The van der Waals surface area contributed by atoms with Crippen molar-refractivity contribution in [2.45, 2.75) is 44.7 Å². The van der Waals surface area contributed by atoms with Crippen molar-refractivity contribution in [3.63, 3.8) is 0 Å². The summed E-state index contributed by atoms with van der Waals surface area (Å²) in [5, 5.41) is 3.34. The van der Waals surface area contributed by atoms with Gasteiger partial charge in [-0.05, 0) is 56.0 Å². The average molecular weight is 342 g/mol. The molecule has 3 aliphatic rings. The highest BCUT2D eigenvalue weighted by molar-refractivity contribution is 5.78. The van der Waals surface area contributed by atoms with Crippen LogP contribution in [0.25, 0.3) is 0 Å². The van der Waals surface area contributed by atoms with Crippen LogP contribution in [-0.2, 0) is 11.3 Å². The third-order valence-electron chi connectivity index (χ3n) is 6.23. The molecule has 3 nitrogen and oxygen atoms in total. The number of amides is 1. The SMILES string of the molecule is O=C1CC[C@H](CCNCc2ccccc2F)N1C[C@H]1C[C@@H]2C=C[C@H]1C2. The Morgan fingerprint density at radius 2 is 2.08 bits per heavy atom. The van der Waals surface area contributed by atoms with Crippen molar-refractivity contribution in [3.05, 3.63) is 47.8 Å². The number of nitrogens with zero attached hydrogens (tertiary/aromatic N) is 1. The van der Waals surface area contributed by atoms with Crippen molar-refractivity contribution in [2.24, 2.45) is 17.8 Å². The predicted molar refractivity (Wildman–Crippen MR) is 96.3 cm³/mol. The predicted octanol–water partition coefficient (Wildman–Crippen LogP) is 3.51. The van der Waals surface area contributed by atoms with Crippen molar-refractivity contribution in [2.75, 3.05) is 13.1 Å². The number of hydrogen-bond donors (Lipinski definition) is 1. The molecule has 134 valence electrons. The van der Waals surface area contributed by atoms with E-state index in [9.17, 15) is 9.18 Å². The van der Waals surface area contributed by atoms with Crippen LogP contribution in [0.1, 0.15) is 37.7 Å². The van der Waals surface area contributed by atoms with E-state index in [4.69, 9.17) is 0 Å². The topological polar surface area (TPSA) is 32.3 Å². The van der Waals surface area contributed by atoms with Gasteiger partial charge in [0.25, 0.3) is 0 Å². The fraction of sp³-hybridized carbons (Fsp3) is 0.571. The molecular formula is C21H27FN2O. The van der Waals surface area contributed by atoms with Crippen molar-refractivity contribution in [1.82, 2.24) is 10.2 Å². The van der Waals surface area contributed by atoms with Gasteiger partial charge in [-0.2, -0.15) is 0 Å². The Balaban J connectivity index is 1.26. The number of likely N-dealkylation sites (tertiary alicyclic amines) is 1. The Kier molecular flexibility index (Phi) is 4.89. The van der Waals surface area contributed by atoms with Gasteiger partial charge < -0.3 is 10.2 Å². The molecule has 1 saturated carbocycles. The summed E-state index contributed by atoms with van der Waals surface area (Å²) < 4.78 is 13.6. The first-order chi connectivity index (χ1) is 12.2. The Morgan fingerprint density at radius 1 is 1.20 bits per heavy atom. The highest BCUT2D eigenvalue weighted by Gasteiger charge is 2.39. The molecule has 1 N–H and O–H groups in total. The fourth-order valence-corrected chi connectivity index (χ4v) is 4.83. The van der Waals surface area contributed by atoms with E-state index in [2.05, 4.69) is 22.4 Å². The first-order valence-electron chi connectivity index (χ1n) is 9.62. The molecule has 2 bridgehead atoms. The largest absolute Gasteiger partial charge is 0.339 e. The van der Waals surface area contributed by atoms with Gasteiger partial charge in [0, 0.05) is 31.1 Å². The molecular weight excluding hydrogens is 315 g/mol. The summed E-state index contributed by atoms with van der Waals surface area (Å²) in [6, 6.07) is 7.24. The van der Waals surface area contributed by atoms with Crippen LogP contribution < -0.4 is 5.32 Å². The van der Waals surface area contributed by atoms with Crippen LogP contribution in [0.2, 0.25) is 0 Å². The molecule has 1 aliphatic heterocycles. The van der Waals surface area contributed by atoms with Crippen LogP contribution in [0, 0.1) is 23.6 Å². The Hall–Kier alpha value is -1.68. The van der Waals surface area contributed by atoms with Gasteiger partial charge in [0.15, 0.2) is 0 Å². The molecule has 1 saturated heterocycles. The van der Waals surface area contributed by atoms with Gasteiger partial charge in [-0.25, -0.2) is 4.39 Å². The lowest BCUT2D eigenvalue weighted by Gasteiger charge is -2.30. The van der Waals surface area contributed by atoms with Gasteiger partial charge in [-0.1, -0.05) is 30.4 Å². The number of halogens is 1. The summed E-state index contributed by atoms with van der Waals surface area (Å²) in [7, 11) is 0. The minimum absolute atomic E-state index is 0.156. The number of hydrogen-bond acceptors (Lipinski definition) is 2. The second-order valence-electron chi connectivity index (χ2n) is 7.84. The van der Waals surface area contributed by atoms with Crippen LogP contribution >= 0.6 is 0 Å². The molecule has 1 amide bonds. The molecule has 4 atom stereocenters. The van der Waals surface area contributed by atoms with Crippen molar-refractivity contribution in [3.8, 4) is 0 Å². The summed E-state index contributed by atoms with van der Waals surface area (Å²) in [6.45, 7) is 2.30. The van der Waals surface area contributed by atoms with E-state index in [-0.39, 0.29) is 5.82 Å². The van der Waals surface area contributed by atoms with Crippen LogP contribution in [0.3, 0.4) is 0 Å². The van der Waals surface area contributed by atoms with E-state index in [0.717, 1.165) is 31.8 Å². The maximum atomic E-state index is 13.6. The molecule has 0 unspecified atom stereocenters. The Labute approximate surface area is 149 Å². The fourth-order valence-electron chi connectivity index (χ4n) is 4.83. The lowest BCUT2D eigenvalue weighted by Crippen LogP contribution is -2.39. The summed E-state index contributed by atoms with van der Waals surface area (Å²) >= 11 is 0. The zero-order valence-corrected chi connectivity index (χ0v) is 14.7. The lowest BCUT2D eigenvalue weighted by atomic mass is 9.92. The zero-order chi connectivity index (χ0) is 17.2. The van der Waals surface area contributed by atoms with E-state index >= 15 is 0 Å². The Bertz CT molecular complexity index is 659.